The van der Waals surface area contributed by atoms with E-state index >= 15 is 0 Å². The summed E-state index contributed by atoms with van der Waals surface area (Å²) in [4.78, 5) is 20.3. The third-order valence-electron chi connectivity index (χ3n) is 5.29. The van der Waals surface area contributed by atoms with Crippen molar-refractivity contribution >= 4 is 29.7 Å². The second-order valence-corrected chi connectivity index (χ2v) is 7.96. The first-order valence-electron chi connectivity index (χ1n) is 8.96. The fraction of sp³-hybridized carbons (Fsp3) is 0.316. The van der Waals surface area contributed by atoms with Gasteiger partial charge >= 0.3 is 0 Å². The van der Waals surface area contributed by atoms with Gasteiger partial charge in [-0.25, -0.2) is 14.1 Å². The van der Waals surface area contributed by atoms with Crippen molar-refractivity contribution in [2.75, 3.05) is 26.2 Å². The molecule has 2 aromatic heterocycles. The number of carbonyl (C=O) groups excluding carboxylic acids is 1. The zero-order valence-corrected chi connectivity index (χ0v) is 16.5. The van der Waals surface area contributed by atoms with Gasteiger partial charge in [0.2, 0.25) is 5.82 Å². The minimum atomic E-state index is -0.315. The number of aromatic nitrogens is 3. The number of benzene rings is 1. The number of nitrogens with one attached hydrogen (secondary N) is 1. The first-order chi connectivity index (χ1) is 13.2. The Kier molecular flexibility index (Phi) is 5.18. The number of fused-ring (bicyclic) bond motifs is 1. The van der Waals surface area contributed by atoms with Gasteiger partial charge in [-0.1, -0.05) is 6.07 Å². The number of hydrogen-bond donors (Lipinski definition) is 1. The van der Waals surface area contributed by atoms with E-state index < -0.39 is 0 Å². The lowest BCUT2D eigenvalue weighted by Crippen LogP contribution is -2.32. The molecule has 2 aliphatic heterocycles. The number of hydrogen-bond acceptors (Lipinski definition) is 5. The standard InChI is InChI=1S/C19H18FN5OS.ClH/c20-14-3-5-15(6-4-14)25-18(16-2-1-7-27-16)22-17(23-25)19(26)24-10-12-8-21-9-13(12)11-24;/h1-7,12-13,21H,8-11H2;1H/t12-,13+;. The zero-order valence-electron chi connectivity index (χ0n) is 14.9. The van der Waals surface area contributed by atoms with E-state index in [9.17, 15) is 9.18 Å². The van der Waals surface area contributed by atoms with Crippen molar-refractivity contribution in [3.63, 3.8) is 0 Å². The van der Waals surface area contributed by atoms with Crippen LogP contribution in [0.3, 0.4) is 0 Å². The monoisotopic (exact) mass is 419 g/mol. The molecule has 0 unspecified atom stereocenters. The molecule has 4 heterocycles. The van der Waals surface area contributed by atoms with Crippen LogP contribution < -0.4 is 5.32 Å². The van der Waals surface area contributed by atoms with Crippen molar-refractivity contribution in [1.29, 1.82) is 0 Å². The molecule has 5 rings (SSSR count). The van der Waals surface area contributed by atoms with Crippen LogP contribution in [0.1, 0.15) is 10.6 Å². The number of amides is 1. The first-order valence-corrected chi connectivity index (χ1v) is 9.84. The summed E-state index contributed by atoms with van der Waals surface area (Å²) in [5, 5.41) is 9.82. The number of likely N-dealkylation sites (tertiary alicyclic amines) is 1. The Morgan fingerprint density at radius 1 is 1.14 bits per heavy atom. The molecule has 146 valence electrons. The van der Waals surface area contributed by atoms with Crippen molar-refractivity contribution < 1.29 is 9.18 Å². The van der Waals surface area contributed by atoms with Crippen LogP contribution in [0.5, 0.6) is 0 Å². The Hall–Kier alpha value is -2.29. The van der Waals surface area contributed by atoms with Crippen molar-refractivity contribution in [1.82, 2.24) is 25.0 Å². The minimum Gasteiger partial charge on any atom is -0.335 e. The molecule has 3 aromatic rings. The van der Waals surface area contributed by atoms with Gasteiger partial charge in [0.05, 0.1) is 10.6 Å². The third-order valence-corrected chi connectivity index (χ3v) is 6.15. The molecule has 0 spiro atoms. The van der Waals surface area contributed by atoms with Gasteiger partial charge in [0.25, 0.3) is 5.91 Å². The Morgan fingerprint density at radius 2 is 1.86 bits per heavy atom. The molecule has 2 aliphatic rings. The van der Waals surface area contributed by atoms with E-state index in [0.717, 1.165) is 31.1 Å². The summed E-state index contributed by atoms with van der Waals surface area (Å²) in [6, 6.07) is 9.91. The van der Waals surface area contributed by atoms with Gasteiger partial charge in [0.1, 0.15) is 5.82 Å². The lowest BCUT2D eigenvalue weighted by Gasteiger charge is -2.15. The molecule has 1 amide bonds. The molecule has 2 saturated heterocycles. The van der Waals surface area contributed by atoms with Crippen molar-refractivity contribution in [2.45, 2.75) is 0 Å². The molecular formula is C19H19ClFN5OS. The van der Waals surface area contributed by atoms with E-state index in [1.165, 1.54) is 23.5 Å². The quantitative estimate of drug-likeness (QED) is 0.709. The average molecular weight is 420 g/mol. The number of halogens is 2. The summed E-state index contributed by atoms with van der Waals surface area (Å²) in [6.45, 7) is 3.42. The van der Waals surface area contributed by atoms with Crippen LogP contribution in [0.15, 0.2) is 41.8 Å². The highest BCUT2D eigenvalue weighted by Gasteiger charge is 2.39. The molecule has 28 heavy (non-hydrogen) atoms. The minimum absolute atomic E-state index is 0. The summed E-state index contributed by atoms with van der Waals surface area (Å²) in [5.41, 5.74) is 0.675. The molecule has 6 nitrogen and oxygen atoms in total. The highest BCUT2D eigenvalue weighted by molar-refractivity contribution is 7.13. The van der Waals surface area contributed by atoms with Crippen LogP contribution in [0.4, 0.5) is 4.39 Å². The fourth-order valence-electron chi connectivity index (χ4n) is 3.89. The molecule has 9 heteroatoms. The van der Waals surface area contributed by atoms with Crippen molar-refractivity contribution in [2.24, 2.45) is 11.8 Å². The third kappa shape index (κ3) is 3.32. The van der Waals surface area contributed by atoms with Gasteiger partial charge in [-0.3, -0.25) is 4.79 Å². The first kappa shape index (κ1) is 19.0. The number of rotatable bonds is 3. The molecule has 0 saturated carbocycles. The van der Waals surface area contributed by atoms with E-state index in [1.807, 2.05) is 22.4 Å². The highest BCUT2D eigenvalue weighted by Crippen LogP contribution is 2.29. The number of thiophene rings is 1. The van der Waals surface area contributed by atoms with E-state index in [1.54, 1.807) is 16.8 Å². The topological polar surface area (TPSA) is 63.1 Å². The summed E-state index contributed by atoms with van der Waals surface area (Å²) in [7, 11) is 0. The van der Waals surface area contributed by atoms with E-state index in [2.05, 4.69) is 15.4 Å². The predicted octanol–water partition coefficient (Wildman–Crippen LogP) is 2.85. The van der Waals surface area contributed by atoms with Crippen LogP contribution >= 0.6 is 23.7 Å². The largest absolute Gasteiger partial charge is 0.335 e. The second kappa shape index (κ2) is 7.62. The summed E-state index contributed by atoms with van der Waals surface area (Å²) in [6.07, 6.45) is 0. The SMILES string of the molecule is Cl.O=C(c1nc(-c2cccs2)n(-c2ccc(F)cc2)n1)N1C[C@H]2CNC[C@H]2C1. The molecule has 0 bridgehead atoms. The van der Waals surface area contributed by atoms with Crippen LogP contribution in [0.2, 0.25) is 0 Å². The maximum atomic E-state index is 13.3. The molecule has 0 radical (unpaired) electrons. The van der Waals surface area contributed by atoms with Crippen molar-refractivity contribution in [3.8, 4) is 16.4 Å². The van der Waals surface area contributed by atoms with Gasteiger partial charge in [-0.15, -0.1) is 28.8 Å². The summed E-state index contributed by atoms with van der Waals surface area (Å²) in [5.74, 6) is 1.37. The van der Waals surface area contributed by atoms with Crippen LogP contribution in [-0.2, 0) is 0 Å². The molecule has 1 aromatic carbocycles. The molecule has 2 fully saturated rings. The average Bonchev–Trinajstić information content (AvgIpc) is 3.43. The second-order valence-electron chi connectivity index (χ2n) is 7.01. The van der Waals surface area contributed by atoms with Crippen LogP contribution in [-0.4, -0.2) is 51.8 Å². The maximum absolute atomic E-state index is 13.3. The Morgan fingerprint density at radius 3 is 2.50 bits per heavy atom. The molecule has 1 N–H and O–H groups in total. The molecule has 2 atom stereocenters. The van der Waals surface area contributed by atoms with E-state index in [-0.39, 0.29) is 30.0 Å². The van der Waals surface area contributed by atoms with Gasteiger partial charge in [-0.05, 0) is 47.5 Å². The van der Waals surface area contributed by atoms with Gasteiger partial charge in [-0.2, -0.15) is 0 Å². The Balaban J connectivity index is 0.00000192. The summed E-state index contributed by atoms with van der Waals surface area (Å²) >= 11 is 1.53. The van der Waals surface area contributed by atoms with E-state index in [0.29, 0.717) is 23.3 Å². The Labute approximate surface area is 171 Å². The number of nitrogens with zero attached hydrogens (tertiary/aromatic N) is 4. The fourth-order valence-corrected chi connectivity index (χ4v) is 4.59. The normalized spacial score (nSPS) is 20.8. The van der Waals surface area contributed by atoms with Crippen molar-refractivity contribution in [3.05, 3.63) is 53.4 Å². The zero-order chi connectivity index (χ0) is 18.4. The van der Waals surface area contributed by atoms with Crippen LogP contribution in [0.25, 0.3) is 16.4 Å². The highest BCUT2D eigenvalue weighted by atomic mass is 35.5. The summed E-state index contributed by atoms with van der Waals surface area (Å²) < 4.78 is 14.9. The molecule has 0 aliphatic carbocycles. The van der Waals surface area contributed by atoms with Gasteiger partial charge < -0.3 is 10.2 Å². The smallest absolute Gasteiger partial charge is 0.293 e. The van der Waals surface area contributed by atoms with Gasteiger partial charge in [0, 0.05) is 26.2 Å². The van der Waals surface area contributed by atoms with Gasteiger partial charge in [0.15, 0.2) is 5.82 Å². The molecular weight excluding hydrogens is 401 g/mol. The van der Waals surface area contributed by atoms with Crippen LogP contribution in [0, 0.1) is 17.7 Å². The van der Waals surface area contributed by atoms with E-state index in [4.69, 9.17) is 0 Å². The lowest BCUT2D eigenvalue weighted by molar-refractivity contribution is 0.0769. The maximum Gasteiger partial charge on any atom is 0.293 e. The number of carbonyl (C=O) groups is 1. The predicted molar refractivity (Wildman–Crippen MR) is 108 cm³/mol. The lowest BCUT2D eigenvalue weighted by atomic mass is 10.0. The Bertz CT molecular complexity index is 963.